The van der Waals surface area contributed by atoms with E-state index >= 15 is 0 Å². The van der Waals surface area contributed by atoms with Crippen LogP contribution in [0.25, 0.3) is 0 Å². The third-order valence-corrected chi connectivity index (χ3v) is 3.81. The Morgan fingerprint density at radius 1 is 1.10 bits per heavy atom. The molecule has 0 atom stereocenters. The van der Waals surface area contributed by atoms with Crippen molar-refractivity contribution in [3.63, 3.8) is 0 Å². The highest BCUT2D eigenvalue weighted by molar-refractivity contribution is 5.31. The molecule has 1 fully saturated rings. The number of benzene rings is 1. The summed E-state index contributed by atoms with van der Waals surface area (Å²) in [5, 5.41) is 0. The summed E-state index contributed by atoms with van der Waals surface area (Å²) in [5.41, 5.74) is 0. The van der Waals surface area contributed by atoms with Gasteiger partial charge in [0.25, 0.3) is 0 Å². The summed E-state index contributed by atoms with van der Waals surface area (Å²) in [6, 6.07) is 7.68. The first-order valence-electron chi connectivity index (χ1n) is 7.42. The molecule has 0 N–H and O–H groups in total. The Hall–Kier alpha value is -1.48. The fourth-order valence-corrected chi connectivity index (χ4v) is 2.35. The topological polar surface area (TPSA) is 21.7 Å². The van der Waals surface area contributed by atoms with E-state index in [1.807, 2.05) is 24.3 Å². The molecule has 0 aromatic heterocycles. The van der Waals surface area contributed by atoms with Gasteiger partial charge in [-0.2, -0.15) is 0 Å². The summed E-state index contributed by atoms with van der Waals surface area (Å²) < 4.78 is 10.8. The summed E-state index contributed by atoms with van der Waals surface area (Å²) >= 11 is 0. The summed E-state index contributed by atoms with van der Waals surface area (Å²) in [5.74, 6) is 2.63. The minimum Gasteiger partial charge on any atom is -0.497 e. The number of methoxy groups -OCH3 is 1. The van der Waals surface area contributed by atoms with E-state index in [2.05, 4.69) is 24.0 Å². The van der Waals surface area contributed by atoms with Crippen LogP contribution in [0.1, 0.15) is 19.8 Å². The van der Waals surface area contributed by atoms with Crippen LogP contribution in [0, 0.1) is 5.92 Å². The lowest BCUT2D eigenvalue weighted by molar-refractivity contribution is 0.210. The largest absolute Gasteiger partial charge is 0.497 e. The second kappa shape index (κ2) is 7.95. The number of ether oxygens (including phenoxy) is 2. The van der Waals surface area contributed by atoms with Crippen LogP contribution in [0.5, 0.6) is 11.5 Å². The van der Waals surface area contributed by atoms with Gasteiger partial charge in [-0.25, -0.2) is 0 Å². The Morgan fingerprint density at radius 3 is 2.40 bits per heavy atom. The molecule has 0 unspecified atom stereocenters. The Morgan fingerprint density at radius 2 is 1.75 bits per heavy atom. The summed E-state index contributed by atoms with van der Waals surface area (Å²) in [6.07, 6.45) is 6.97. The van der Waals surface area contributed by atoms with Crippen LogP contribution in [0.3, 0.4) is 0 Å². The van der Waals surface area contributed by atoms with Crippen molar-refractivity contribution in [3.8, 4) is 11.5 Å². The molecule has 0 spiro atoms. The van der Waals surface area contributed by atoms with E-state index in [1.54, 1.807) is 7.11 Å². The van der Waals surface area contributed by atoms with Crippen LogP contribution < -0.4 is 9.47 Å². The van der Waals surface area contributed by atoms with Crippen molar-refractivity contribution in [2.45, 2.75) is 19.8 Å². The van der Waals surface area contributed by atoms with Gasteiger partial charge in [0, 0.05) is 6.54 Å². The van der Waals surface area contributed by atoms with Gasteiger partial charge in [0.1, 0.15) is 18.1 Å². The molecule has 110 valence electrons. The summed E-state index contributed by atoms with van der Waals surface area (Å²) in [7, 11) is 1.67. The molecule has 0 amide bonds. The standard InChI is InChI=1S/C17H25NO2/c1-15-9-12-18(13-10-15)11-3-4-14-20-17-7-5-16(19-2)6-8-17/h3-8,15H,9-14H2,1-2H3/b4-3-. The predicted octanol–water partition coefficient (Wildman–Crippen LogP) is 3.36. The van der Waals surface area contributed by atoms with Gasteiger partial charge < -0.3 is 9.47 Å². The van der Waals surface area contributed by atoms with E-state index in [-0.39, 0.29) is 0 Å². The Bertz CT molecular complexity index is 406. The Labute approximate surface area is 122 Å². The number of hydrogen-bond donors (Lipinski definition) is 0. The van der Waals surface area contributed by atoms with E-state index in [4.69, 9.17) is 9.47 Å². The van der Waals surface area contributed by atoms with Crippen LogP contribution in [-0.2, 0) is 0 Å². The number of hydrogen-bond acceptors (Lipinski definition) is 3. The van der Waals surface area contributed by atoms with Crippen LogP contribution in [0.4, 0.5) is 0 Å². The van der Waals surface area contributed by atoms with Crippen molar-refractivity contribution < 1.29 is 9.47 Å². The molecule has 1 aliphatic heterocycles. The summed E-state index contributed by atoms with van der Waals surface area (Å²) in [6.45, 7) is 6.46. The van der Waals surface area contributed by atoms with Crippen molar-refractivity contribution in [1.82, 2.24) is 4.90 Å². The first-order chi connectivity index (χ1) is 9.78. The van der Waals surface area contributed by atoms with Crippen LogP contribution in [0.15, 0.2) is 36.4 Å². The average Bonchev–Trinajstić information content (AvgIpc) is 2.49. The average molecular weight is 275 g/mol. The summed E-state index contributed by atoms with van der Waals surface area (Å²) in [4.78, 5) is 2.50. The van der Waals surface area contributed by atoms with E-state index in [9.17, 15) is 0 Å². The molecule has 2 rings (SSSR count). The molecule has 0 aliphatic carbocycles. The normalized spacial score (nSPS) is 17.5. The van der Waals surface area contributed by atoms with Crippen molar-refractivity contribution in [2.75, 3.05) is 33.4 Å². The maximum Gasteiger partial charge on any atom is 0.120 e. The SMILES string of the molecule is COc1ccc(OC/C=C\CN2CCC(C)CC2)cc1. The van der Waals surface area contributed by atoms with Crippen LogP contribution in [-0.4, -0.2) is 38.3 Å². The van der Waals surface area contributed by atoms with Gasteiger partial charge in [-0.3, -0.25) is 4.90 Å². The number of piperidine rings is 1. The zero-order valence-electron chi connectivity index (χ0n) is 12.5. The fraction of sp³-hybridized carbons (Fsp3) is 0.529. The fourth-order valence-electron chi connectivity index (χ4n) is 2.35. The van der Waals surface area contributed by atoms with Crippen molar-refractivity contribution in [3.05, 3.63) is 36.4 Å². The lowest BCUT2D eigenvalue weighted by Crippen LogP contribution is -2.32. The van der Waals surface area contributed by atoms with Crippen molar-refractivity contribution >= 4 is 0 Å². The molecule has 0 bridgehead atoms. The maximum absolute atomic E-state index is 5.65. The molecule has 0 saturated carbocycles. The molecular formula is C17H25NO2. The third-order valence-electron chi connectivity index (χ3n) is 3.81. The van der Waals surface area contributed by atoms with E-state index in [1.165, 1.54) is 25.9 Å². The van der Waals surface area contributed by atoms with E-state index in [0.717, 1.165) is 24.0 Å². The van der Waals surface area contributed by atoms with Gasteiger partial charge in [0.15, 0.2) is 0 Å². The lowest BCUT2D eigenvalue weighted by atomic mass is 9.99. The Kier molecular flexibility index (Phi) is 5.93. The van der Waals surface area contributed by atoms with Crippen LogP contribution >= 0.6 is 0 Å². The highest BCUT2D eigenvalue weighted by Gasteiger charge is 2.13. The molecule has 0 radical (unpaired) electrons. The van der Waals surface area contributed by atoms with Gasteiger partial charge in [-0.15, -0.1) is 0 Å². The highest BCUT2D eigenvalue weighted by atomic mass is 16.5. The lowest BCUT2D eigenvalue weighted by Gasteiger charge is -2.29. The molecule has 1 aliphatic rings. The zero-order valence-corrected chi connectivity index (χ0v) is 12.5. The van der Waals surface area contributed by atoms with E-state index < -0.39 is 0 Å². The van der Waals surface area contributed by atoms with E-state index in [0.29, 0.717) is 6.61 Å². The van der Waals surface area contributed by atoms with Gasteiger partial charge in [-0.05, 0) is 56.1 Å². The smallest absolute Gasteiger partial charge is 0.120 e. The second-order valence-corrected chi connectivity index (χ2v) is 5.44. The molecular weight excluding hydrogens is 250 g/mol. The monoisotopic (exact) mass is 275 g/mol. The van der Waals surface area contributed by atoms with Crippen molar-refractivity contribution in [1.29, 1.82) is 0 Å². The molecule has 3 heteroatoms. The van der Waals surface area contributed by atoms with Gasteiger partial charge >= 0.3 is 0 Å². The number of rotatable bonds is 6. The van der Waals surface area contributed by atoms with Gasteiger partial charge in [0.05, 0.1) is 7.11 Å². The molecule has 3 nitrogen and oxygen atoms in total. The first-order valence-corrected chi connectivity index (χ1v) is 7.42. The third kappa shape index (κ3) is 4.89. The molecule has 1 aromatic carbocycles. The number of likely N-dealkylation sites (tertiary alicyclic amines) is 1. The zero-order chi connectivity index (χ0) is 14.2. The van der Waals surface area contributed by atoms with Gasteiger partial charge in [-0.1, -0.05) is 19.1 Å². The van der Waals surface area contributed by atoms with Crippen LogP contribution in [0.2, 0.25) is 0 Å². The quantitative estimate of drug-likeness (QED) is 0.743. The minimum absolute atomic E-state index is 0.622. The first kappa shape index (κ1) is 14.9. The minimum atomic E-state index is 0.622. The molecule has 1 heterocycles. The predicted molar refractivity (Wildman–Crippen MR) is 82.5 cm³/mol. The highest BCUT2D eigenvalue weighted by Crippen LogP contribution is 2.17. The maximum atomic E-state index is 5.65. The number of nitrogens with zero attached hydrogens (tertiary/aromatic N) is 1. The molecule has 1 saturated heterocycles. The molecule has 1 aromatic rings. The second-order valence-electron chi connectivity index (χ2n) is 5.44. The van der Waals surface area contributed by atoms with Gasteiger partial charge in [0.2, 0.25) is 0 Å². The van der Waals surface area contributed by atoms with Crippen molar-refractivity contribution in [2.24, 2.45) is 5.92 Å². The Balaban J connectivity index is 1.63. The molecule has 20 heavy (non-hydrogen) atoms.